The normalized spacial score (nSPS) is 10.3. The predicted octanol–water partition coefficient (Wildman–Crippen LogP) is 9.71. The Morgan fingerprint density at radius 2 is 0.814 bits per heavy atom. The third-order valence-corrected chi connectivity index (χ3v) is 6.58. The quantitative estimate of drug-likeness (QED) is 0.0559. The molecule has 0 spiro atoms. The van der Waals surface area contributed by atoms with Crippen LogP contribution in [0.4, 0.5) is 0 Å². The second-order valence-corrected chi connectivity index (χ2v) is 10.2. The van der Waals surface area contributed by atoms with Gasteiger partial charge in [0, 0.05) is 5.04 Å². The van der Waals surface area contributed by atoms with E-state index in [2.05, 4.69) is 18.9 Å². The summed E-state index contributed by atoms with van der Waals surface area (Å²) >= 11 is 0. The van der Waals surface area contributed by atoms with Crippen molar-refractivity contribution in [3.05, 3.63) is 96.1 Å². The summed E-state index contributed by atoms with van der Waals surface area (Å²) in [5, 5.41) is 4.61. The third kappa shape index (κ3) is 16.4. The maximum absolute atomic E-state index is 12.4. The van der Waals surface area contributed by atoms with E-state index in [1.54, 1.807) is 48.5 Å². The molecule has 0 aliphatic carbocycles. The van der Waals surface area contributed by atoms with E-state index in [0.29, 0.717) is 35.8 Å². The molecule has 234 valence electrons. The van der Waals surface area contributed by atoms with Crippen LogP contribution in [0, 0.1) is 0 Å². The number of ether oxygens (including phenoxy) is 2. The highest BCUT2D eigenvalue weighted by Crippen LogP contribution is 2.15. The molecular weight excluding hydrogens is 544 g/mol. The van der Waals surface area contributed by atoms with E-state index in [9.17, 15) is 9.59 Å². The summed E-state index contributed by atoms with van der Waals surface area (Å²) in [6.45, 7) is 5.17. The summed E-state index contributed by atoms with van der Waals surface area (Å²) < 4.78 is 10.7. The Hall–Kier alpha value is -3.84. The van der Waals surface area contributed by atoms with Gasteiger partial charge in [0.1, 0.15) is 0 Å². The molecule has 0 bridgehead atoms. The lowest BCUT2D eigenvalue weighted by molar-refractivity contribution is -0.411. The highest BCUT2D eigenvalue weighted by Gasteiger charge is 2.18. The van der Waals surface area contributed by atoms with Crippen LogP contribution in [0.1, 0.15) is 112 Å². The number of unbranched alkanes of at least 4 members (excludes halogenated alkanes) is 10. The van der Waals surface area contributed by atoms with Crippen LogP contribution in [-0.4, -0.2) is 25.2 Å². The Labute approximate surface area is 257 Å². The van der Waals surface area contributed by atoms with Crippen molar-refractivity contribution < 1.29 is 33.9 Å². The molecule has 0 saturated carbocycles. The number of carbonyl (C=O) groups is 2. The first-order valence-corrected chi connectivity index (χ1v) is 15.7. The molecule has 7 nitrogen and oxygen atoms in total. The summed E-state index contributed by atoms with van der Waals surface area (Å²) in [6, 6.07) is 25.0. The molecule has 0 unspecified atom stereocenters. The molecule has 0 aliphatic heterocycles. The molecule has 3 aromatic rings. The fraction of sp³-hybridized carbons (Fsp3) is 0.444. The van der Waals surface area contributed by atoms with E-state index in [0.717, 1.165) is 25.7 Å². The van der Waals surface area contributed by atoms with Gasteiger partial charge in [-0.3, -0.25) is 9.78 Å². The van der Waals surface area contributed by atoms with Gasteiger partial charge < -0.3 is 9.47 Å². The smallest absolute Gasteiger partial charge is 0.339 e. The van der Waals surface area contributed by atoms with Gasteiger partial charge in [-0.05, 0) is 49.2 Å². The fourth-order valence-electron chi connectivity index (χ4n) is 4.14. The second kappa shape index (κ2) is 23.7. The molecule has 3 rings (SSSR count). The lowest BCUT2D eigenvalue weighted by Crippen LogP contribution is -2.15. The topological polar surface area (TPSA) is 80.3 Å². The van der Waals surface area contributed by atoms with Gasteiger partial charge in [0.2, 0.25) is 0 Å². The number of carbonyl (C=O) groups excluding carboxylic acids is 2. The molecule has 0 radical (unpaired) electrons. The average molecular weight is 593 g/mol. The van der Waals surface area contributed by atoms with Gasteiger partial charge in [-0.1, -0.05) is 127 Å². The number of hydrogen-bond donors (Lipinski definition) is 0. The minimum Gasteiger partial charge on any atom is -0.462 e. The van der Waals surface area contributed by atoms with Gasteiger partial charge >= 0.3 is 11.9 Å². The highest BCUT2D eigenvalue weighted by molar-refractivity contribution is 6.03. The van der Waals surface area contributed by atoms with Crippen molar-refractivity contribution in [2.24, 2.45) is 0 Å². The van der Waals surface area contributed by atoms with Crippen LogP contribution in [0.5, 0.6) is 11.5 Å². The molecule has 0 atom stereocenters. The van der Waals surface area contributed by atoms with Crippen LogP contribution in [0.15, 0.2) is 84.9 Å². The summed E-state index contributed by atoms with van der Waals surface area (Å²) in [5.41, 5.74) is 0.586. The molecule has 43 heavy (non-hydrogen) atoms. The van der Waals surface area contributed by atoms with Crippen molar-refractivity contribution in [3.8, 4) is 11.5 Å². The molecule has 0 saturated heterocycles. The van der Waals surface area contributed by atoms with E-state index < -0.39 is 11.9 Å². The first-order valence-electron chi connectivity index (χ1n) is 15.7. The number of benzene rings is 3. The van der Waals surface area contributed by atoms with Crippen LogP contribution in [0.2, 0.25) is 0 Å². The fourth-order valence-corrected chi connectivity index (χ4v) is 4.14. The van der Waals surface area contributed by atoms with E-state index in [-0.39, 0.29) is 0 Å². The number of hydrogen-bond acceptors (Lipinski definition) is 7. The van der Waals surface area contributed by atoms with Crippen LogP contribution in [-0.2, 0) is 14.5 Å². The van der Waals surface area contributed by atoms with Crippen molar-refractivity contribution in [2.45, 2.75) is 90.9 Å². The SMILES string of the molecule is CCCCCCCCOC(=O)c1ccccc1C(=O)OCCCCCCCC.c1ccc(OOOc2ccccc2)cc1. The van der Waals surface area contributed by atoms with Crippen molar-refractivity contribution in [2.75, 3.05) is 13.2 Å². The Morgan fingerprint density at radius 3 is 1.21 bits per heavy atom. The summed E-state index contributed by atoms with van der Waals surface area (Å²) in [7, 11) is 0. The van der Waals surface area contributed by atoms with Gasteiger partial charge in [-0.2, -0.15) is 0 Å². The summed E-state index contributed by atoms with van der Waals surface area (Å²) in [6.07, 6.45) is 13.6. The Balaban J connectivity index is 0.000000358. The first-order chi connectivity index (χ1) is 21.2. The first kappa shape index (κ1) is 35.4. The van der Waals surface area contributed by atoms with Gasteiger partial charge in [-0.15, -0.1) is 0 Å². The lowest BCUT2D eigenvalue weighted by Gasteiger charge is -2.10. The molecule has 0 N–H and O–H groups in total. The van der Waals surface area contributed by atoms with Gasteiger partial charge in [0.05, 0.1) is 24.3 Å². The van der Waals surface area contributed by atoms with Crippen LogP contribution in [0.25, 0.3) is 0 Å². The molecule has 7 heteroatoms. The molecule has 3 aromatic carbocycles. The highest BCUT2D eigenvalue weighted by atomic mass is 17.5. The molecule has 0 aliphatic rings. The average Bonchev–Trinajstić information content (AvgIpc) is 3.05. The molecule has 0 amide bonds. The van der Waals surface area contributed by atoms with E-state index in [1.165, 1.54) is 51.4 Å². The summed E-state index contributed by atoms with van der Waals surface area (Å²) in [5.74, 6) is 0.295. The van der Waals surface area contributed by atoms with Crippen molar-refractivity contribution >= 4 is 11.9 Å². The zero-order valence-electron chi connectivity index (χ0n) is 25.8. The van der Waals surface area contributed by atoms with Gasteiger partial charge in [-0.25, -0.2) is 9.59 Å². The third-order valence-electron chi connectivity index (χ3n) is 6.58. The standard InChI is InChI=1S/C24H38O4.C12H10O3/c1-3-5-7-9-11-15-19-27-23(25)21-17-13-14-18-22(21)24(26)28-20-16-12-10-8-6-4-2;1-3-7-11(8-4-1)13-15-14-12-9-5-2-6-10-12/h13-14,17-18H,3-12,15-16,19-20H2,1-2H3;1-10H. The zero-order chi connectivity index (χ0) is 30.8. The summed E-state index contributed by atoms with van der Waals surface area (Å²) in [4.78, 5) is 34.5. The number of esters is 2. The van der Waals surface area contributed by atoms with Crippen molar-refractivity contribution in [3.63, 3.8) is 0 Å². The Kier molecular flexibility index (Phi) is 19.5. The van der Waals surface area contributed by atoms with E-state index in [4.69, 9.17) is 19.2 Å². The maximum Gasteiger partial charge on any atom is 0.339 e. The minimum absolute atomic E-state index is 0.293. The molecule has 0 fully saturated rings. The second-order valence-electron chi connectivity index (χ2n) is 10.2. The van der Waals surface area contributed by atoms with E-state index in [1.807, 2.05) is 36.4 Å². The zero-order valence-corrected chi connectivity index (χ0v) is 25.8. The van der Waals surface area contributed by atoms with Gasteiger partial charge in [0.15, 0.2) is 11.5 Å². The van der Waals surface area contributed by atoms with E-state index >= 15 is 0 Å². The number of para-hydroxylation sites is 2. The molecule has 0 aromatic heterocycles. The Morgan fingerprint density at radius 1 is 0.465 bits per heavy atom. The molecular formula is C36H48O7. The predicted molar refractivity (Wildman–Crippen MR) is 169 cm³/mol. The van der Waals surface area contributed by atoms with Crippen molar-refractivity contribution in [1.82, 2.24) is 0 Å². The monoisotopic (exact) mass is 592 g/mol. The van der Waals surface area contributed by atoms with Gasteiger partial charge in [0.25, 0.3) is 0 Å². The lowest BCUT2D eigenvalue weighted by atomic mass is 10.1. The molecule has 0 heterocycles. The van der Waals surface area contributed by atoms with Crippen molar-refractivity contribution in [1.29, 1.82) is 0 Å². The largest absolute Gasteiger partial charge is 0.462 e. The van der Waals surface area contributed by atoms with Crippen LogP contribution >= 0.6 is 0 Å². The maximum atomic E-state index is 12.4. The minimum atomic E-state index is -0.444. The Bertz CT molecular complexity index is 1030. The van der Waals surface area contributed by atoms with Crippen LogP contribution in [0.3, 0.4) is 0 Å². The number of rotatable bonds is 20. The van der Waals surface area contributed by atoms with Crippen LogP contribution < -0.4 is 9.78 Å².